The number of carbonyl (C=O) groups excluding carboxylic acids is 1. The van der Waals surface area contributed by atoms with E-state index < -0.39 is 12.6 Å². The molecule has 114 valence electrons. The predicted molar refractivity (Wildman–Crippen MR) is 85.5 cm³/mol. The zero-order chi connectivity index (χ0) is 15.1. The van der Waals surface area contributed by atoms with Gasteiger partial charge in [0.05, 0.1) is 0 Å². The molecule has 1 atom stereocenters. The normalized spacial score (nSPS) is 18.0. The van der Waals surface area contributed by atoms with Crippen molar-refractivity contribution in [1.29, 1.82) is 0 Å². The number of aliphatic carboxylic acids is 1. The lowest BCUT2D eigenvalue weighted by Gasteiger charge is -2.21. The van der Waals surface area contributed by atoms with Gasteiger partial charge in [0.15, 0.2) is 6.61 Å². The van der Waals surface area contributed by atoms with Crippen LogP contribution in [0.1, 0.15) is 10.4 Å². The largest absolute Gasteiger partial charge is 0.482 e. The van der Waals surface area contributed by atoms with Crippen LogP contribution in [0.4, 0.5) is 0 Å². The number of hydrogen-bond donors (Lipinski definition) is 2. The summed E-state index contributed by atoms with van der Waals surface area (Å²) in [6.07, 6.45) is 0. The van der Waals surface area contributed by atoms with E-state index >= 15 is 0 Å². The van der Waals surface area contributed by atoms with Gasteiger partial charge in [-0.15, -0.1) is 0 Å². The SMILES string of the molecule is O=C(O)COc1cccc(C(=O)NCC2CSCCS2)c1. The van der Waals surface area contributed by atoms with Crippen molar-refractivity contribution in [3.63, 3.8) is 0 Å². The lowest BCUT2D eigenvalue weighted by molar-refractivity contribution is -0.139. The average Bonchev–Trinajstić information content (AvgIpc) is 2.52. The topological polar surface area (TPSA) is 75.6 Å². The van der Waals surface area contributed by atoms with E-state index in [2.05, 4.69) is 5.32 Å². The summed E-state index contributed by atoms with van der Waals surface area (Å²) >= 11 is 3.80. The lowest BCUT2D eigenvalue weighted by atomic mass is 10.2. The molecule has 2 rings (SSSR count). The van der Waals surface area contributed by atoms with Gasteiger partial charge in [-0.1, -0.05) is 6.07 Å². The molecule has 1 unspecified atom stereocenters. The molecular formula is C14H17NO4S2. The Hall–Kier alpha value is -1.34. The summed E-state index contributed by atoms with van der Waals surface area (Å²) < 4.78 is 5.07. The number of benzene rings is 1. The van der Waals surface area contributed by atoms with Crippen molar-refractivity contribution in [2.24, 2.45) is 0 Å². The fourth-order valence-corrected chi connectivity index (χ4v) is 4.45. The van der Waals surface area contributed by atoms with Gasteiger partial charge in [0.1, 0.15) is 5.75 Å². The van der Waals surface area contributed by atoms with Crippen LogP contribution in [-0.4, -0.2) is 52.6 Å². The monoisotopic (exact) mass is 327 g/mol. The summed E-state index contributed by atoms with van der Waals surface area (Å²) in [5.74, 6) is 2.55. The molecule has 7 heteroatoms. The van der Waals surface area contributed by atoms with E-state index in [4.69, 9.17) is 9.84 Å². The molecule has 1 fully saturated rings. The highest BCUT2D eigenvalue weighted by molar-refractivity contribution is 8.06. The van der Waals surface area contributed by atoms with Gasteiger partial charge in [0, 0.05) is 34.6 Å². The molecule has 1 aliphatic rings. The van der Waals surface area contributed by atoms with Gasteiger partial charge in [0.25, 0.3) is 5.91 Å². The zero-order valence-electron chi connectivity index (χ0n) is 11.4. The van der Waals surface area contributed by atoms with Crippen molar-refractivity contribution >= 4 is 35.4 Å². The van der Waals surface area contributed by atoms with E-state index in [9.17, 15) is 9.59 Å². The fraction of sp³-hybridized carbons (Fsp3) is 0.429. The molecule has 0 aliphatic carbocycles. The predicted octanol–water partition coefficient (Wildman–Crippen LogP) is 1.73. The highest BCUT2D eigenvalue weighted by Gasteiger charge is 2.16. The number of rotatable bonds is 6. The van der Waals surface area contributed by atoms with Crippen LogP contribution < -0.4 is 10.1 Å². The van der Waals surface area contributed by atoms with Crippen molar-refractivity contribution < 1.29 is 19.4 Å². The molecule has 0 bridgehead atoms. The molecule has 1 aliphatic heterocycles. The molecule has 21 heavy (non-hydrogen) atoms. The van der Waals surface area contributed by atoms with Gasteiger partial charge >= 0.3 is 5.97 Å². The molecule has 1 heterocycles. The lowest BCUT2D eigenvalue weighted by Crippen LogP contribution is -2.33. The minimum atomic E-state index is -1.04. The van der Waals surface area contributed by atoms with Crippen LogP contribution in [0.2, 0.25) is 0 Å². The van der Waals surface area contributed by atoms with E-state index in [0.29, 0.717) is 23.1 Å². The van der Waals surface area contributed by atoms with Crippen molar-refractivity contribution in [3.05, 3.63) is 29.8 Å². The Labute approximate surface area is 131 Å². The summed E-state index contributed by atoms with van der Waals surface area (Å²) in [5, 5.41) is 11.9. The molecule has 0 spiro atoms. The van der Waals surface area contributed by atoms with Gasteiger partial charge in [0.2, 0.25) is 0 Å². The molecule has 1 aromatic rings. The van der Waals surface area contributed by atoms with Crippen LogP contribution in [0.3, 0.4) is 0 Å². The number of thioether (sulfide) groups is 2. The first-order chi connectivity index (χ1) is 10.1. The molecule has 5 nitrogen and oxygen atoms in total. The second-order valence-electron chi connectivity index (χ2n) is 4.49. The van der Waals surface area contributed by atoms with Gasteiger partial charge in [-0.2, -0.15) is 23.5 Å². The number of carboxylic acids is 1. The van der Waals surface area contributed by atoms with Crippen molar-refractivity contribution in [3.8, 4) is 5.75 Å². The van der Waals surface area contributed by atoms with Crippen molar-refractivity contribution in [2.75, 3.05) is 30.4 Å². The number of carbonyl (C=O) groups is 2. The number of carboxylic acid groups (broad SMARTS) is 1. The first-order valence-electron chi connectivity index (χ1n) is 6.57. The summed E-state index contributed by atoms with van der Waals surface area (Å²) in [6, 6.07) is 6.55. The van der Waals surface area contributed by atoms with Crippen LogP contribution >= 0.6 is 23.5 Å². The highest BCUT2D eigenvalue weighted by atomic mass is 32.2. The number of ether oxygens (including phenoxy) is 1. The van der Waals surface area contributed by atoms with E-state index in [1.54, 1.807) is 24.3 Å². The fourth-order valence-electron chi connectivity index (χ4n) is 1.84. The van der Waals surface area contributed by atoms with Crippen molar-refractivity contribution in [1.82, 2.24) is 5.32 Å². The molecule has 0 aromatic heterocycles. The van der Waals surface area contributed by atoms with Crippen molar-refractivity contribution in [2.45, 2.75) is 5.25 Å². The van der Waals surface area contributed by atoms with Crippen LogP contribution in [0.15, 0.2) is 24.3 Å². The minimum absolute atomic E-state index is 0.160. The molecular weight excluding hydrogens is 310 g/mol. The molecule has 1 aromatic carbocycles. The number of amides is 1. The van der Waals surface area contributed by atoms with Crippen LogP contribution in [0.25, 0.3) is 0 Å². The van der Waals surface area contributed by atoms with Crippen LogP contribution in [0, 0.1) is 0 Å². The second-order valence-corrected chi connectivity index (χ2v) is 7.05. The Morgan fingerprint density at radius 3 is 2.95 bits per heavy atom. The van der Waals surface area contributed by atoms with E-state index in [-0.39, 0.29) is 5.91 Å². The first kappa shape index (κ1) is 16.0. The summed E-state index contributed by atoms with van der Waals surface area (Å²) in [6.45, 7) is 0.234. The number of nitrogens with one attached hydrogen (secondary N) is 1. The maximum absolute atomic E-state index is 12.1. The molecule has 0 saturated carbocycles. The quantitative estimate of drug-likeness (QED) is 0.829. The summed E-state index contributed by atoms with van der Waals surface area (Å²) in [4.78, 5) is 22.5. The average molecular weight is 327 g/mol. The van der Waals surface area contributed by atoms with Gasteiger partial charge in [-0.3, -0.25) is 4.79 Å². The first-order valence-corrected chi connectivity index (χ1v) is 8.77. The third kappa shape index (κ3) is 5.51. The molecule has 2 N–H and O–H groups in total. The Morgan fingerprint density at radius 2 is 2.24 bits per heavy atom. The highest BCUT2D eigenvalue weighted by Crippen LogP contribution is 2.23. The van der Waals surface area contributed by atoms with E-state index in [0.717, 1.165) is 11.5 Å². The van der Waals surface area contributed by atoms with E-state index in [1.165, 1.54) is 5.75 Å². The molecule has 1 saturated heterocycles. The van der Waals surface area contributed by atoms with Crippen LogP contribution in [0.5, 0.6) is 5.75 Å². The third-order valence-electron chi connectivity index (χ3n) is 2.83. The molecule has 1 amide bonds. The Kier molecular flexibility index (Phi) is 6.25. The molecule has 0 radical (unpaired) electrons. The smallest absolute Gasteiger partial charge is 0.341 e. The summed E-state index contributed by atoms with van der Waals surface area (Å²) in [5.41, 5.74) is 0.478. The van der Waals surface area contributed by atoms with Crippen LogP contribution in [-0.2, 0) is 4.79 Å². The maximum Gasteiger partial charge on any atom is 0.341 e. The van der Waals surface area contributed by atoms with Gasteiger partial charge in [-0.05, 0) is 18.2 Å². The number of hydrogen-bond acceptors (Lipinski definition) is 5. The zero-order valence-corrected chi connectivity index (χ0v) is 13.0. The second kappa shape index (κ2) is 8.19. The standard InChI is InChI=1S/C14H17NO4S2/c16-13(17)8-19-11-3-1-2-10(6-11)14(18)15-7-12-9-20-4-5-21-12/h1-3,6,12H,4-5,7-9H2,(H,15,18)(H,16,17). The van der Waals surface area contributed by atoms with Gasteiger partial charge < -0.3 is 15.2 Å². The Balaban J connectivity index is 1.86. The van der Waals surface area contributed by atoms with Gasteiger partial charge in [-0.25, -0.2) is 4.79 Å². The third-order valence-corrected chi connectivity index (χ3v) is 5.68. The maximum atomic E-state index is 12.1. The summed E-state index contributed by atoms with van der Waals surface area (Å²) in [7, 11) is 0. The van der Waals surface area contributed by atoms with E-state index in [1.807, 2.05) is 23.5 Å². The Morgan fingerprint density at radius 1 is 1.38 bits per heavy atom. The minimum Gasteiger partial charge on any atom is -0.482 e. The Bertz CT molecular complexity index is 504.